The van der Waals surface area contributed by atoms with Crippen molar-refractivity contribution in [2.75, 3.05) is 0 Å². The van der Waals surface area contributed by atoms with Gasteiger partial charge in [-0.05, 0) is 24.9 Å². The Balaban J connectivity index is 2.69. The molecule has 2 heterocycles. The lowest BCUT2D eigenvalue weighted by Gasteiger charge is -2.10. The minimum atomic E-state index is 0.149. The first-order valence-electron chi connectivity index (χ1n) is 4.69. The van der Waals surface area contributed by atoms with Crippen LogP contribution in [0.15, 0.2) is 6.20 Å². The highest BCUT2D eigenvalue weighted by Gasteiger charge is 2.14. The Bertz CT molecular complexity index is 494. The largest absolute Gasteiger partial charge is 0.257 e. The van der Waals surface area contributed by atoms with Gasteiger partial charge in [0.25, 0.3) is 0 Å². The third-order valence-electron chi connectivity index (χ3n) is 2.38. The monoisotopic (exact) mass is 244 g/mol. The summed E-state index contributed by atoms with van der Waals surface area (Å²) in [5.74, 6) is 0. The van der Waals surface area contributed by atoms with Crippen molar-refractivity contribution in [1.29, 1.82) is 0 Å². The van der Waals surface area contributed by atoms with Crippen LogP contribution in [0.2, 0.25) is 10.4 Å². The Morgan fingerprint density at radius 3 is 2.80 bits per heavy atom. The molecule has 0 aliphatic carbocycles. The summed E-state index contributed by atoms with van der Waals surface area (Å²) in [6.07, 6.45) is 2.62. The molecular formula is C9H10Cl2N4. The van der Waals surface area contributed by atoms with Crippen molar-refractivity contribution in [3.05, 3.63) is 16.6 Å². The molecule has 0 N–H and O–H groups in total. The third-order valence-corrected chi connectivity index (χ3v) is 2.82. The van der Waals surface area contributed by atoms with E-state index in [1.165, 1.54) is 0 Å². The standard InChI is InChI=1S/C9H10Cl2N4/c1-3-5(2)15-7-6(4-12-15)13-9(11)14-8(7)10/h4-5H,3H2,1-2H3. The summed E-state index contributed by atoms with van der Waals surface area (Å²) in [5, 5.41) is 4.74. The molecule has 0 aromatic carbocycles. The molecule has 0 aliphatic heterocycles. The first-order chi connectivity index (χ1) is 7.13. The van der Waals surface area contributed by atoms with Gasteiger partial charge in [-0.25, -0.2) is 9.97 Å². The predicted octanol–water partition coefficient (Wildman–Crippen LogP) is 3.10. The molecule has 2 aromatic rings. The van der Waals surface area contributed by atoms with Crippen LogP contribution in [-0.4, -0.2) is 19.7 Å². The fraction of sp³-hybridized carbons (Fsp3) is 0.444. The maximum absolute atomic E-state index is 6.01. The van der Waals surface area contributed by atoms with Crippen LogP contribution >= 0.6 is 23.2 Å². The van der Waals surface area contributed by atoms with Crippen molar-refractivity contribution in [1.82, 2.24) is 19.7 Å². The second-order valence-corrected chi connectivity index (χ2v) is 4.06. The van der Waals surface area contributed by atoms with Crippen LogP contribution in [0.4, 0.5) is 0 Å². The molecule has 0 saturated carbocycles. The van der Waals surface area contributed by atoms with Gasteiger partial charge in [-0.2, -0.15) is 5.10 Å². The molecule has 0 amide bonds. The SMILES string of the molecule is CCC(C)n1ncc2nc(Cl)nc(Cl)c21. The van der Waals surface area contributed by atoms with Crippen molar-refractivity contribution in [2.24, 2.45) is 0 Å². The first-order valence-corrected chi connectivity index (χ1v) is 5.45. The van der Waals surface area contributed by atoms with Gasteiger partial charge in [0.05, 0.1) is 6.20 Å². The van der Waals surface area contributed by atoms with Crippen LogP contribution in [0.5, 0.6) is 0 Å². The Hall–Kier alpha value is -0.870. The number of aromatic nitrogens is 4. The highest BCUT2D eigenvalue weighted by atomic mass is 35.5. The molecule has 1 unspecified atom stereocenters. The van der Waals surface area contributed by atoms with Crippen LogP contribution in [-0.2, 0) is 0 Å². The molecule has 0 fully saturated rings. The van der Waals surface area contributed by atoms with E-state index in [0.717, 1.165) is 11.9 Å². The van der Waals surface area contributed by atoms with Crippen LogP contribution in [0.1, 0.15) is 26.3 Å². The van der Waals surface area contributed by atoms with Gasteiger partial charge in [-0.15, -0.1) is 0 Å². The lowest BCUT2D eigenvalue weighted by atomic mass is 10.2. The summed E-state index contributed by atoms with van der Waals surface area (Å²) in [5.41, 5.74) is 1.43. The molecular weight excluding hydrogens is 235 g/mol. The lowest BCUT2D eigenvalue weighted by molar-refractivity contribution is 0.493. The number of hydrogen-bond acceptors (Lipinski definition) is 3. The Morgan fingerprint density at radius 2 is 2.13 bits per heavy atom. The number of hydrogen-bond donors (Lipinski definition) is 0. The van der Waals surface area contributed by atoms with Crippen molar-refractivity contribution in [3.63, 3.8) is 0 Å². The van der Waals surface area contributed by atoms with Gasteiger partial charge in [0, 0.05) is 6.04 Å². The quantitative estimate of drug-likeness (QED) is 0.603. The van der Waals surface area contributed by atoms with Crippen molar-refractivity contribution in [2.45, 2.75) is 26.3 Å². The van der Waals surface area contributed by atoms with E-state index < -0.39 is 0 Å². The summed E-state index contributed by atoms with van der Waals surface area (Å²) in [4.78, 5) is 7.97. The Kier molecular flexibility index (Phi) is 2.80. The van der Waals surface area contributed by atoms with Gasteiger partial charge < -0.3 is 0 Å². The average molecular weight is 245 g/mol. The summed E-state index contributed by atoms with van der Waals surface area (Å²) >= 11 is 11.7. The number of halogens is 2. The van der Waals surface area contributed by atoms with Crippen molar-refractivity contribution >= 4 is 34.2 Å². The third kappa shape index (κ3) is 1.79. The minimum absolute atomic E-state index is 0.149. The summed E-state index contributed by atoms with van der Waals surface area (Å²) in [6, 6.07) is 0.268. The number of fused-ring (bicyclic) bond motifs is 1. The molecule has 0 spiro atoms. The fourth-order valence-corrected chi connectivity index (χ4v) is 1.88. The molecule has 0 bridgehead atoms. The summed E-state index contributed by atoms with van der Waals surface area (Å²) in [7, 11) is 0. The van der Waals surface area contributed by atoms with Crippen molar-refractivity contribution in [3.8, 4) is 0 Å². The van der Waals surface area contributed by atoms with E-state index in [2.05, 4.69) is 28.9 Å². The molecule has 2 rings (SSSR count). The molecule has 80 valence electrons. The molecule has 15 heavy (non-hydrogen) atoms. The van der Waals surface area contributed by atoms with E-state index in [1.807, 2.05) is 4.68 Å². The smallest absolute Gasteiger partial charge is 0.224 e. The second-order valence-electron chi connectivity index (χ2n) is 3.36. The minimum Gasteiger partial charge on any atom is -0.257 e. The molecule has 6 heteroatoms. The van der Waals surface area contributed by atoms with Crippen LogP contribution in [0.25, 0.3) is 11.0 Å². The van der Waals surface area contributed by atoms with Gasteiger partial charge in [0.1, 0.15) is 11.0 Å². The van der Waals surface area contributed by atoms with E-state index in [0.29, 0.717) is 10.7 Å². The van der Waals surface area contributed by atoms with Crippen LogP contribution in [0.3, 0.4) is 0 Å². The van der Waals surface area contributed by atoms with Gasteiger partial charge >= 0.3 is 0 Å². The van der Waals surface area contributed by atoms with Gasteiger partial charge in [0.2, 0.25) is 5.28 Å². The van der Waals surface area contributed by atoms with Crippen LogP contribution in [0, 0.1) is 0 Å². The van der Waals surface area contributed by atoms with E-state index >= 15 is 0 Å². The molecule has 4 nitrogen and oxygen atoms in total. The Labute approximate surface area is 97.2 Å². The van der Waals surface area contributed by atoms with Gasteiger partial charge in [0.15, 0.2) is 5.15 Å². The molecule has 0 aliphatic rings. The van der Waals surface area contributed by atoms with Gasteiger partial charge in [-0.3, -0.25) is 4.68 Å². The van der Waals surface area contributed by atoms with E-state index in [9.17, 15) is 0 Å². The van der Waals surface area contributed by atoms with Crippen molar-refractivity contribution < 1.29 is 0 Å². The predicted molar refractivity (Wildman–Crippen MR) is 60.3 cm³/mol. The lowest BCUT2D eigenvalue weighted by Crippen LogP contribution is -2.06. The molecule has 0 saturated heterocycles. The zero-order chi connectivity index (χ0) is 11.0. The zero-order valence-electron chi connectivity index (χ0n) is 8.41. The molecule has 1 atom stereocenters. The normalized spacial score (nSPS) is 13.3. The van der Waals surface area contributed by atoms with E-state index in [1.54, 1.807) is 6.20 Å². The summed E-state index contributed by atoms with van der Waals surface area (Å²) in [6.45, 7) is 4.15. The van der Waals surface area contributed by atoms with Gasteiger partial charge in [-0.1, -0.05) is 18.5 Å². The van der Waals surface area contributed by atoms with E-state index in [-0.39, 0.29) is 11.3 Å². The Morgan fingerprint density at radius 1 is 1.40 bits per heavy atom. The topological polar surface area (TPSA) is 43.6 Å². The maximum Gasteiger partial charge on any atom is 0.224 e. The maximum atomic E-state index is 6.01. The zero-order valence-corrected chi connectivity index (χ0v) is 9.92. The van der Waals surface area contributed by atoms with E-state index in [4.69, 9.17) is 23.2 Å². The molecule has 0 radical (unpaired) electrons. The number of nitrogens with zero attached hydrogens (tertiary/aromatic N) is 4. The average Bonchev–Trinajstić information content (AvgIpc) is 2.60. The summed E-state index contributed by atoms with van der Waals surface area (Å²) < 4.78 is 1.83. The number of rotatable bonds is 2. The second kappa shape index (κ2) is 3.94. The highest BCUT2D eigenvalue weighted by Crippen LogP contribution is 2.25. The molecule has 2 aromatic heterocycles. The van der Waals surface area contributed by atoms with Crippen LogP contribution < -0.4 is 0 Å². The fourth-order valence-electron chi connectivity index (χ4n) is 1.40. The first kappa shape index (κ1) is 10.6. The highest BCUT2D eigenvalue weighted by molar-refractivity contribution is 6.35.